The highest BCUT2D eigenvalue weighted by atomic mass is 35.5. The van der Waals surface area contributed by atoms with E-state index in [2.05, 4.69) is 24.1 Å². The van der Waals surface area contributed by atoms with Gasteiger partial charge in [0.05, 0.1) is 0 Å². The van der Waals surface area contributed by atoms with Gasteiger partial charge in [-0.15, -0.1) is 12.4 Å². The zero-order chi connectivity index (χ0) is 10.7. The normalized spacial score (nSPS) is 36.8. The molecule has 0 bridgehead atoms. The van der Waals surface area contributed by atoms with Crippen LogP contribution in [0.1, 0.15) is 39.5 Å². The average Bonchev–Trinajstić information content (AvgIpc) is 2.22. The lowest BCUT2D eigenvalue weighted by Gasteiger charge is -2.38. The molecule has 96 valence electrons. The molecule has 1 saturated heterocycles. The molecular weight excluding hydrogens is 220 g/mol. The third-order valence-electron chi connectivity index (χ3n) is 4.18. The minimum absolute atomic E-state index is 0. The molecule has 3 atom stereocenters. The zero-order valence-corrected chi connectivity index (χ0v) is 11.6. The first-order valence-corrected chi connectivity index (χ1v) is 6.70. The second kappa shape index (κ2) is 6.83. The molecule has 1 saturated carbocycles. The largest absolute Gasteiger partial charge is 0.314 e. The summed E-state index contributed by atoms with van der Waals surface area (Å²) in [5, 5.41) is 3.47. The summed E-state index contributed by atoms with van der Waals surface area (Å²) in [6.07, 6.45) is 5.87. The van der Waals surface area contributed by atoms with Crippen LogP contribution >= 0.6 is 12.4 Å². The molecule has 1 heterocycles. The molecule has 2 rings (SSSR count). The van der Waals surface area contributed by atoms with E-state index < -0.39 is 0 Å². The Morgan fingerprint density at radius 2 is 2.06 bits per heavy atom. The number of hydrogen-bond acceptors (Lipinski definition) is 2. The summed E-state index contributed by atoms with van der Waals surface area (Å²) < 4.78 is 0. The van der Waals surface area contributed by atoms with Crippen LogP contribution in [0.2, 0.25) is 0 Å². The standard InChI is InChI=1S/C13H26N2.ClH/c1-11-4-3-5-13(8-11)10-15-7-6-14-9-12(15)2;/h11-14H,3-10H2,1-2H3;1H/t11?,12-,13?;/m1./s1. The molecule has 2 aliphatic rings. The van der Waals surface area contributed by atoms with Crippen LogP contribution in [-0.4, -0.2) is 37.1 Å². The molecule has 2 unspecified atom stereocenters. The van der Waals surface area contributed by atoms with Gasteiger partial charge in [-0.3, -0.25) is 4.90 Å². The summed E-state index contributed by atoms with van der Waals surface area (Å²) >= 11 is 0. The number of halogens is 1. The van der Waals surface area contributed by atoms with Gasteiger partial charge in [-0.25, -0.2) is 0 Å². The lowest BCUT2D eigenvalue weighted by molar-refractivity contribution is 0.123. The lowest BCUT2D eigenvalue weighted by Crippen LogP contribution is -2.51. The SMILES string of the molecule is CC1CCCC(CN2CCNC[C@H]2C)C1.Cl. The second-order valence-corrected chi connectivity index (χ2v) is 5.69. The van der Waals surface area contributed by atoms with Crippen LogP contribution in [-0.2, 0) is 0 Å². The maximum absolute atomic E-state index is 3.47. The van der Waals surface area contributed by atoms with Crippen molar-refractivity contribution in [2.24, 2.45) is 11.8 Å². The van der Waals surface area contributed by atoms with Crippen LogP contribution in [0.15, 0.2) is 0 Å². The van der Waals surface area contributed by atoms with Gasteiger partial charge in [0.15, 0.2) is 0 Å². The van der Waals surface area contributed by atoms with Gasteiger partial charge in [0.25, 0.3) is 0 Å². The van der Waals surface area contributed by atoms with Crippen molar-refractivity contribution < 1.29 is 0 Å². The lowest BCUT2D eigenvalue weighted by atomic mass is 9.82. The Kier molecular flexibility index (Phi) is 6.09. The van der Waals surface area contributed by atoms with E-state index >= 15 is 0 Å². The highest BCUT2D eigenvalue weighted by molar-refractivity contribution is 5.85. The third-order valence-corrected chi connectivity index (χ3v) is 4.18. The molecule has 0 aromatic rings. The van der Waals surface area contributed by atoms with Gasteiger partial charge < -0.3 is 5.32 Å². The van der Waals surface area contributed by atoms with Crippen LogP contribution < -0.4 is 5.32 Å². The summed E-state index contributed by atoms with van der Waals surface area (Å²) in [5.41, 5.74) is 0. The molecule has 2 nitrogen and oxygen atoms in total. The summed E-state index contributed by atoms with van der Waals surface area (Å²) in [6.45, 7) is 9.76. The topological polar surface area (TPSA) is 15.3 Å². The van der Waals surface area contributed by atoms with Gasteiger partial charge in [-0.2, -0.15) is 0 Å². The van der Waals surface area contributed by atoms with E-state index in [1.54, 1.807) is 0 Å². The molecule has 0 spiro atoms. The minimum Gasteiger partial charge on any atom is -0.314 e. The predicted molar refractivity (Wildman–Crippen MR) is 72.3 cm³/mol. The maximum Gasteiger partial charge on any atom is 0.0193 e. The maximum atomic E-state index is 3.47. The van der Waals surface area contributed by atoms with E-state index in [1.807, 2.05) is 0 Å². The Hall–Kier alpha value is 0.210. The van der Waals surface area contributed by atoms with Gasteiger partial charge in [0, 0.05) is 32.2 Å². The van der Waals surface area contributed by atoms with E-state index in [1.165, 1.54) is 51.9 Å². The van der Waals surface area contributed by atoms with E-state index in [4.69, 9.17) is 0 Å². The molecule has 0 amide bonds. The summed E-state index contributed by atoms with van der Waals surface area (Å²) in [5.74, 6) is 1.95. The van der Waals surface area contributed by atoms with Crippen LogP contribution in [0.25, 0.3) is 0 Å². The molecule has 0 radical (unpaired) electrons. The first-order chi connectivity index (χ1) is 7.25. The minimum atomic E-state index is 0. The summed E-state index contributed by atoms with van der Waals surface area (Å²) in [7, 11) is 0. The highest BCUT2D eigenvalue weighted by Crippen LogP contribution is 2.29. The fourth-order valence-corrected chi connectivity index (χ4v) is 3.21. The number of nitrogens with zero attached hydrogens (tertiary/aromatic N) is 1. The Morgan fingerprint density at radius 1 is 1.25 bits per heavy atom. The van der Waals surface area contributed by atoms with Crippen molar-refractivity contribution in [3.05, 3.63) is 0 Å². The van der Waals surface area contributed by atoms with Crippen LogP contribution in [0, 0.1) is 11.8 Å². The monoisotopic (exact) mass is 246 g/mol. The third kappa shape index (κ3) is 3.90. The Morgan fingerprint density at radius 3 is 2.75 bits per heavy atom. The molecule has 3 heteroatoms. The van der Waals surface area contributed by atoms with Crippen molar-refractivity contribution in [1.29, 1.82) is 0 Å². The molecule has 2 fully saturated rings. The van der Waals surface area contributed by atoms with Crippen molar-refractivity contribution in [2.75, 3.05) is 26.2 Å². The van der Waals surface area contributed by atoms with Crippen molar-refractivity contribution in [3.8, 4) is 0 Å². The predicted octanol–water partition coefficient (Wildman–Crippen LogP) is 2.53. The Labute approximate surface area is 107 Å². The smallest absolute Gasteiger partial charge is 0.0193 e. The van der Waals surface area contributed by atoms with Crippen molar-refractivity contribution in [3.63, 3.8) is 0 Å². The van der Waals surface area contributed by atoms with Gasteiger partial charge in [0.2, 0.25) is 0 Å². The fourth-order valence-electron chi connectivity index (χ4n) is 3.21. The van der Waals surface area contributed by atoms with Crippen LogP contribution in [0.3, 0.4) is 0 Å². The number of rotatable bonds is 2. The van der Waals surface area contributed by atoms with E-state index in [0.717, 1.165) is 17.9 Å². The quantitative estimate of drug-likeness (QED) is 0.806. The summed E-state index contributed by atoms with van der Waals surface area (Å²) in [4.78, 5) is 2.69. The molecule has 1 N–H and O–H groups in total. The fraction of sp³-hybridized carbons (Fsp3) is 1.00. The van der Waals surface area contributed by atoms with Crippen molar-refractivity contribution in [2.45, 2.75) is 45.6 Å². The Bertz CT molecular complexity index is 198. The first kappa shape index (κ1) is 14.3. The Balaban J connectivity index is 0.00000128. The van der Waals surface area contributed by atoms with E-state index in [9.17, 15) is 0 Å². The van der Waals surface area contributed by atoms with Gasteiger partial charge in [-0.1, -0.05) is 19.8 Å². The number of nitrogens with one attached hydrogen (secondary N) is 1. The molecule has 1 aliphatic heterocycles. The van der Waals surface area contributed by atoms with E-state index in [0.29, 0.717) is 0 Å². The van der Waals surface area contributed by atoms with Crippen LogP contribution in [0.4, 0.5) is 0 Å². The molecular formula is C13H27ClN2. The molecule has 0 aromatic heterocycles. The molecule has 1 aliphatic carbocycles. The zero-order valence-electron chi connectivity index (χ0n) is 10.7. The van der Waals surface area contributed by atoms with Gasteiger partial charge in [-0.05, 0) is 31.6 Å². The van der Waals surface area contributed by atoms with Crippen molar-refractivity contribution >= 4 is 12.4 Å². The summed E-state index contributed by atoms with van der Waals surface area (Å²) in [6, 6.07) is 0.746. The first-order valence-electron chi connectivity index (χ1n) is 6.70. The molecule has 16 heavy (non-hydrogen) atoms. The van der Waals surface area contributed by atoms with Gasteiger partial charge in [0.1, 0.15) is 0 Å². The number of hydrogen-bond donors (Lipinski definition) is 1. The second-order valence-electron chi connectivity index (χ2n) is 5.69. The van der Waals surface area contributed by atoms with E-state index in [-0.39, 0.29) is 12.4 Å². The molecule has 0 aromatic carbocycles. The van der Waals surface area contributed by atoms with Crippen molar-refractivity contribution in [1.82, 2.24) is 10.2 Å². The van der Waals surface area contributed by atoms with Crippen LogP contribution in [0.5, 0.6) is 0 Å². The average molecular weight is 247 g/mol. The number of piperazine rings is 1. The highest BCUT2D eigenvalue weighted by Gasteiger charge is 2.24. The van der Waals surface area contributed by atoms with Gasteiger partial charge >= 0.3 is 0 Å².